The lowest BCUT2D eigenvalue weighted by molar-refractivity contribution is -0.369. The molecule has 11 rings (SSSR count). The maximum absolute atomic E-state index is 12.3. The van der Waals surface area contributed by atoms with Crippen LogP contribution in [-0.4, -0.2) is 215 Å². The molecule has 11 fully saturated rings. The highest BCUT2D eigenvalue weighted by atomic mass is 32.3. The van der Waals surface area contributed by atoms with E-state index in [0.29, 0.717) is 69.8 Å². The van der Waals surface area contributed by atoms with Gasteiger partial charge in [-0.15, -0.1) is 6.58 Å². The molecule has 6 N–H and O–H groups in total. The van der Waals surface area contributed by atoms with Crippen LogP contribution in [0.15, 0.2) is 37.0 Å². The highest BCUT2D eigenvalue weighted by Gasteiger charge is 2.65. The molecule has 458 valence electrons. The number of aliphatic hydroxyl groups is 3. The molecular formula is C55H82O24S2. The summed E-state index contributed by atoms with van der Waals surface area (Å²) in [5.41, 5.74) is -5.22. The van der Waals surface area contributed by atoms with E-state index >= 15 is 0 Å². The third kappa shape index (κ3) is 11.8. The molecule has 0 amide bonds. The van der Waals surface area contributed by atoms with E-state index in [1.165, 1.54) is 26.0 Å². The summed E-state index contributed by atoms with van der Waals surface area (Å²) in [6, 6.07) is 0. The smallest absolute Gasteiger partial charge is 0.397 e. The van der Waals surface area contributed by atoms with Crippen molar-refractivity contribution in [3.05, 3.63) is 37.0 Å². The Morgan fingerprint density at radius 2 is 1.27 bits per heavy atom. The standard InChI is InChI=1S/C55H82O24S2/c1-9-29(56)28(50(58)59)11-13-51(4,60)49-27(3)18-38-37(74-49)24-45-55(8,77-38)48(57)47-41(73-45)22-40-46(75-47)26(2)10-14-53(6)43(72-40)25-42-54(7,79-53)15-12-30-31(71-42)19-33-32(68-30)20-34-35(69-33)21-39-36(70-34)23-44(78-81(64,65)66)52(5,76-39)16-17-67-80(61,62)63/h9,11,13,26,28-49,56-57,60H,1,3,10,12,14-25H2,2,4-8H3,(H,58,59)(H,61,62,63)(H,64,65,66)/b13-11+/t26-,28+,29?,30-,31+,32+,33-,34-,35+,36+,37+,38-,39-,40-,41+,42-,43+,44-,45-,46+,47+,48+,49-,51+,52+,53-,54+,55-/m0/s1. The van der Waals surface area contributed by atoms with Crippen molar-refractivity contribution in [2.75, 3.05) is 6.61 Å². The Kier molecular flexibility index (Phi) is 16.4. The van der Waals surface area contributed by atoms with Gasteiger partial charge >= 0.3 is 26.8 Å². The number of carboxylic acid groups (broad SMARTS) is 1. The van der Waals surface area contributed by atoms with E-state index < -0.39 is 159 Å². The minimum atomic E-state index is -4.96. The fourth-order valence-corrected chi connectivity index (χ4v) is 16.4. The van der Waals surface area contributed by atoms with Crippen LogP contribution in [0.3, 0.4) is 0 Å². The number of fused-ring (bicyclic) bond motifs is 10. The van der Waals surface area contributed by atoms with Crippen molar-refractivity contribution in [3.63, 3.8) is 0 Å². The molecule has 28 atom stereocenters. The maximum Gasteiger partial charge on any atom is 0.397 e. The molecular weight excluding hydrogens is 1110 g/mol. The predicted octanol–water partition coefficient (Wildman–Crippen LogP) is 3.18. The zero-order valence-corrected chi connectivity index (χ0v) is 48.3. The number of hydrogen-bond donors (Lipinski definition) is 6. The fourth-order valence-electron chi connectivity index (χ4n) is 15.5. The van der Waals surface area contributed by atoms with Crippen molar-refractivity contribution in [2.24, 2.45) is 11.8 Å². The van der Waals surface area contributed by atoms with Gasteiger partial charge in [0.25, 0.3) is 0 Å². The molecule has 0 aliphatic carbocycles. The minimum Gasteiger partial charge on any atom is -0.481 e. The zero-order valence-electron chi connectivity index (χ0n) is 46.7. The number of carbonyl (C=O) groups is 1. The third-order valence-corrected chi connectivity index (χ3v) is 21.0. The van der Waals surface area contributed by atoms with E-state index in [0.717, 1.165) is 12.5 Å². The molecule has 81 heavy (non-hydrogen) atoms. The van der Waals surface area contributed by atoms with Gasteiger partial charge in [-0.1, -0.05) is 31.7 Å². The molecule has 11 saturated heterocycles. The Hall–Kier alpha value is -2.13. The zero-order chi connectivity index (χ0) is 58.1. The molecule has 11 aliphatic heterocycles. The minimum absolute atomic E-state index is 0.0125. The van der Waals surface area contributed by atoms with Gasteiger partial charge in [-0.2, -0.15) is 16.8 Å². The molecule has 1 unspecified atom stereocenters. The first-order valence-corrected chi connectivity index (χ1v) is 31.5. The van der Waals surface area contributed by atoms with Crippen LogP contribution in [0.1, 0.15) is 125 Å². The SMILES string of the molecule is C=CC(O)[C@@H](/C=C/[C@@](C)(O)[C@H]1O[C@@H]2C[C@@H]3O[C@@H]4C[C@@H]5O[C@@H]6C[C@@H]7O[C@@H]8C[C@@H]9O[C@@H]%10C[C@@H]%11O[C@](C)(CCOS(=O)(=O)O)[C@@H](OS(=O)(=O)O)C[C@H]%11O[C@H]%10C[C@H]9O[C@H]8CC[C@@]7(C)O[C@@]6(C)CC[C@H](C)[C@H]5O[C@H]4[C@@H](O)[C@@]3(C)O[C@H]2CC1=C)C(=O)O. The predicted molar refractivity (Wildman–Crippen MR) is 279 cm³/mol. The second-order valence-electron chi connectivity index (χ2n) is 26.0. The second-order valence-corrected chi connectivity index (χ2v) is 28.1. The molecule has 24 nitrogen and oxygen atoms in total. The molecule has 0 spiro atoms. The van der Waals surface area contributed by atoms with E-state index in [-0.39, 0.29) is 55.4 Å². The van der Waals surface area contributed by atoms with Gasteiger partial charge in [0.1, 0.15) is 41.5 Å². The average Bonchev–Trinajstić information content (AvgIpc) is 3.52. The molecule has 26 heteroatoms. The Morgan fingerprint density at radius 1 is 0.716 bits per heavy atom. The van der Waals surface area contributed by atoms with Crippen molar-refractivity contribution < 1.29 is 112 Å². The van der Waals surface area contributed by atoms with Gasteiger partial charge in [-0.3, -0.25) is 13.9 Å². The molecule has 11 aliphatic rings. The molecule has 0 aromatic heterocycles. The van der Waals surface area contributed by atoms with Gasteiger partial charge in [0.05, 0.1) is 127 Å². The van der Waals surface area contributed by atoms with Gasteiger partial charge < -0.3 is 72.5 Å². The Morgan fingerprint density at radius 3 is 1.90 bits per heavy atom. The second kappa shape index (κ2) is 21.9. The first-order valence-electron chi connectivity index (χ1n) is 28.7. The average molecular weight is 1190 g/mol. The maximum atomic E-state index is 12.3. The molecule has 0 radical (unpaired) electrons. The normalized spacial score (nSPS) is 50.4. The lowest BCUT2D eigenvalue weighted by Gasteiger charge is -2.61. The summed E-state index contributed by atoms with van der Waals surface area (Å²) in [6.45, 7) is 18.4. The monoisotopic (exact) mass is 1190 g/mol. The largest absolute Gasteiger partial charge is 0.481 e. The summed E-state index contributed by atoms with van der Waals surface area (Å²) in [5.74, 6) is -2.60. The summed E-state index contributed by atoms with van der Waals surface area (Å²) in [6.07, 6.45) is -3.63. The number of rotatable bonds is 12. The van der Waals surface area contributed by atoms with Gasteiger partial charge in [0, 0.05) is 51.4 Å². The fraction of sp³-hybridized carbons (Fsp3) is 0.873. The van der Waals surface area contributed by atoms with Crippen molar-refractivity contribution in [1.82, 2.24) is 0 Å². The molecule has 11 heterocycles. The lowest BCUT2D eigenvalue weighted by Crippen LogP contribution is -2.74. The van der Waals surface area contributed by atoms with Crippen LogP contribution in [0.25, 0.3) is 0 Å². The number of carboxylic acids is 1. The Labute approximate surface area is 473 Å². The van der Waals surface area contributed by atoms with Crippen molar-refractivity contribution >= 4 is 26.8 Å². The van der Waals surface area contributed by atoms with Crippen LogP contribution in [0.4, 0.5) is 0 Å². The quantitative estimate of drug-likeness (QED) is 0.121. The van der Waals surface area contributed by atoms with E-state index in [2.05, 4.69) is 38.1 Å². The summed E-state index contributed by atoms with van der Waals surface area (Å²) in [5, 5.41) is 44.0. The number of aliphatic hydroxyl groups excluding tert-OH is 2. The highest BCUT2D eigenvalue weighted by molar-refractivity contribution is 7.81. The van der Waals surface area contributed by atoms with Crippen LogP contribution in [0.2, 0.25) is 0 Å². The van der Waals surface area contributed by atoms with Gasteiger partial charge in [0.2, 0.25) is 0 Å². The topological polar surface area (TPSA) is 327 Å². The Balaban J connectivity index is 0.747. The summed E-state index contributed by atoms with van der Waals surface area (Å²) in [7, 11) is -9.76. The van der Waals surface area contributed by atoms with Crippen LogP contribution < -0.4 is 0 Å². The van der Waals surface area contributed by atoms with E-state index in [4.69, 9.17) is 60.8 Å². The van der Waals surface area contributed by atoms with Gasteiger partial charge in [-0.05, 0) is 78.2 Å². The molecule has 0 bridgehead atoms. The van der Waals surface area contributed by atoms with Crippen molar-refractivity contribution in [1.29, 1.82) is 0 Å². The van der Waals surface area contributed by atoms with Crippen LogP contribution in [-0.2, 0) is 86.1 Å². The number of aliphatic carboxylic acids is 1. The first kappa shape index (κ1) is 60.6. The van der Waals surface area contributed by atoms with Crippen LogP contribution >= 0.6 is 0 Å². The summed E-state index contributed by atoms with van der Waals surface area (Å²) in [4.78, 5) is 11.9. The van der Waals surface area contributed by atoms with Crippen molar-refractivity contribution in [3.8, 4) is 0 Å². The number of hydrogen-bond acceptors (Lipinski definition) is 21. The van der Waals surface area contributed by atoms with E-state index in [1.807, 2.05) is 6.92 Å². The van der Waals surface area contributed by atoms with E-state index in [9.17, 15) is 46.6 Å². The lowest BCUT2D eigenvalue weighted by atomic mass is 9.73. The molecule has 0 aromatic carbocycles. The van der Waals surface area contributed by atoms with Crippen molar-refractivity contribution in [2.45, 2.75) is 281 Å². The van der Waals surface area contributed by atoms with E-state index in [1.54, 1.807) is 0 Å². The molecule has 0 saturated carbocycles. The first-order chi connectivity index (χ1) is 37.9. The van der Waals surface area contributed by atoms with Gasteiger partial charge in [-0.25, -0.2) is 8.37 Å². The van der Waals surface area contributed by atoms with Gasteiger partial charge in [0.15, 0.2) is 0 Å². The molecule has 0 aromatic rings. The number of ether oxygens (including phenoxy) is 11. The van der Waals surface area contributed by atoms with Crippen LogP contribution in [0, 0.1) is 11.8 Å². The third-order valence-electron chi connectivity index (χ3n) is 20.1. The van der Waals surface area contributed by atoms with Crippen LogP contribution in [0.5, 0.6) is 0 Å². The Bertz CT molecular complexity index is 2640. The summed E-state index contributed by atoms with van der Waals surface area (Å²) >= 11 is 0. The summed E-state index contributed by atoms with van der Waals surface area (Å²) < 4.78 is 151. The highest BCUT2D eigenvalue weighted by Crippen LogP contribution is 2.54.